The third-order valence-corrected chi connectivity index (χ3v) is 6.10. The molecule has 0 aliphatic carbocycles. The van der Waals surface area contributed by atoms with Crippen LogP contribution in [0, 0.1) is 13.8 Å². The van der Waals surface area contributed by atoms with Gasteiger partial charge < -0.3 is 10.0 Å². The van der Waals surface area contributed by atoms with Crippen LogP contribution < -0.4 is 0 Å². The Bertz CT molecular complexity index is 1110. The molecule has 2 heterocycles. The average Bonchev–Trinajstić information content (AvgIpc) is 3.19. The van der Waals surface area contributed by atoms with Gasteiger partial charge in [0.2, 0.25) is 11.1 Å². The van der Waals surface area contributed by atoms with Gasteiger partial charge in [-0.1, -0.05) is 53.7 Å². The summed E-state index contributed by atoms with van der Waals surface area (Å²) in [4.78, 5) is 26.2. The molecule has 1 aliphatic heterocycles. The summed E-state index contributed by atoms with van der Waals surface area (Å²) in [6, 6.07) is 12.7. The predicted molar refractivity (Wildman–Crippen MR) is 111 cm³/mol. The maximum atomic E-state index is 12.9. The van der Waals surface area contributed by atoms with E-state index in [2.05, 4.69) is 15.5 Å². The Morgan fingerprint density at radius 1 is 1.17 bits per heavy atom. The van der Waals surface area contributed by atoms with Crippen molar-refractivity contribution in [2.24, 2.45) is 0 Å². The van der Waals surface area contributed by atoms with Crippen LogP contribution in [0.25, 0.3) is 5.69 Å². The van der Waals surface area contributed by atoms with Crippen molar-refractivity contribution >= 4 is 23.6 Å². The highest BCUT2D eigenvalue weighted by Gasteiger charge is 2.34. The Balaban J connectivity index is 1.51. The zero-order valence-corrected chi connectivity index (χ0v) is 17.5. The number of benzene rings is 2. The van der Waals surface area contributed by atoms with Crippen LogP contribution in [0.5, 0.6) is 0 Å². The molecule has 1 aromatic heterocycles. The second-order valence-corrected chi connectivity index (χ2v) is 8.24. The molecule has 3 aromatic rings. The monoisotopic (exact) mass is 423 g/mol. The Morgan fingerprint density at radius 2 is 1.93 bits per heavy atom. The van der Waals surface area contributed by atoms with Gasteiger partial charge in [0, 0.05) is 13.0 Å². The van der Waals surface area contributed by atoms with Gasteiger partial charge in [0.05, 0.1) is 11.4 Å². The number of tetrazole rings is 1. The molecule has 1 amide bonds. The van der Waals surface area contributed by atoms with Gasteiger partial charge in [-0.25, -0.2) is 4.79 Å². The van der Waals surface area contributed by atoms with Crippen molar-refractivity contribution in [1.29, 1.82) is 0 Å². The molecule has 154 valence electrons. The van der Waals surface area contributed by atoms with E-state index in [1.54, 1.807) is 4.68 Å². The van der Waals surface area contributed by atoms with Gasteiger partial charge in [0.25, 0.3) is 0 Å². The van der Waals surface area contributed by atoms with Crippen LogP contribution in [0.3, 0.4) is 0 Å². The topological polar surface area (TPSA) is 101 Å². The lowest BCUT2D eigenvalue weighted by molar-refractivity contribution is -0.150. The van der Waals surface area contributed by atoms with Gasteiger partial charge in [-0.05, 0) is 47.0 Å². The van der Waals surface area contributed by atoms with Gasteiger partial charge in [0.15, 0.2) is 0 Å². The molecule has 0 fully saturated rings. The average molecular weight is 423 g/mol. The Labute approximate surface area is 177 Å². The van der Waals surface area contributed by atoms with Gasteiger partial charge in [0.1, 0.15) is 6.04 Å². The normalized spacial score (nSPS) is 15.7. The number of carboxylic acids is 1. The minimum absolute atomic E-state index is 0.0528. The highest BCUT2D eigenvalue weighted by Crippen LogP contribution is 2.26. The van der Waals surface area contributed by atoms with Crippen LogP contribution in [-0.4, -0.2) is 53.9 Å². The van der Waals surface area contributed by atoms with Gasteiger partial charge in [-0.3, -0.25) is 4.79 Å². The summed E-state index contributed by atoms with van der Waals surface area (Å²) >= 11 is 1.20. The first-order valence-corrected chi connectivity index (χ1v) is 10.5. The van der Waals surface area contributed by atoms with Crippen molar-refractivity contribution < 1.29 is 14.7 Å². The van der Waals surface area contributed by atoms with Crippen molar-refractivity contribution in [3.8, 4) is 5.69 Å². The van der Waals surface area contributed by atoms with Crippen molar-refractivity contribution in [1.82, 2.24) is 25.1 Å². The molecule has 4 rings (SSSR count). The second kappa shape index (κ2) is 8.27. The predicted octanol–water partition coefficient (Wildman–Crippen LogP) is 2.41. The minimum atomic E-state index is -0.997. The van der Waals surface area contributed by atoms with Crippen LogP contribution in [-0.2, 0) is 22.6 Å². The first-order valence-electron chi connectivity index (χ1n) is 9.52. The van der Waals surface area contributed by atoms with Crippen molar-refractivity contribution in [2.75, 3.05) is 5.75 Å². The van der Waals surface area contributed by atoms with Crippen molar-refractivity contribution in [2.45, 2.75) is 38.0 Å². The van der Waals surface area contributed by atoms with E-state index in [0.717, 1.165) is 27.9 Å². The molecule has 1 unspecified atom stereocenters. The van der Waals surface area contributed by atoms with E-state index in [1.165, 1.54) is 16.7 Å². The maximum Gasteiger partial charge on any atom is 0.326 e. The Hall–Kier alpha value is -3.20. The molecule has 30 heavy (non-hydrogen) atoms. The number of fused-ring (bicyclic) bond motifs is 1. The Kier molecular flexibility index (Phi) is 5.54. The number of hydrogen-bond donors (Lipinski definition) is 1. The number of thioether (sulfide) groups is 1. The minimum Gasteiger partial charge on any atom is -0.480 e. The molecule has 0 spiro atoms. The van der Waals surface area contributed by atoms with Crippen LogP contribution in [0.2, 0.25) is 0 Å². The first-order chi connectivity index (χ1) is 14.4. The van der Waals surface area contributed by atoms with E-state index in [-0.39, 0.29) is 18.2 Å². The molecular weight excluding hydrogens is 402 g/mol. The zero-order valence-electron chi connectivity index (χ0n) is 16.6. The van der Waals surface area contributed by atoms with Crippen LogP contribution in [0.15, 0.2) is 47.6 Å². The first kappa shape index (κ1) is 20.1. The van der Waals surface area contributed by atoms with Crippen molar-refractivity contribution in [3.05, 3.63) is 64.7 Å². The fourth-order valence-corrected chi connectivity index (χ4v) is 4.45. The number of aliphatic carboxylic acids is 1. The highest BCUT2D eigenvalue weighted by molar-refractivity contribution is 7.99. The molecule has 0 bridgehead atoms. The molecular formula is C21H21N5O3S. The number of amides is 1. The lowest BCUT2D eigenvalue weighted by Gasteiger charge is -2.34. The molecule has 1 aliphatic rings. The zero-order chi connectivity index (χ0) is 21.3. The summed E-state index contributed by atoms with van der Waals surface area (Å²) in [6.45, 7) is 4.28. The molecule has 0 saturated heterocycles. The molecule has 0 saturated carbocycles. The van der Waals surface area contributed by atoms with E-state index in [9.17, 15) is 14.7 Å². The number of nitrogens with zero attached hydrogens (tertiary/aromatic N) is 5. The summed E-state index contributed by atoms with van der Waals surface area (Å²) in [5, 5.41) is 22.0. The van der Waals surface area contributed by atoms with E-state index >= 15 is 0 Å². The van der Waals surface area contributed by atoms with Crippen LogP contribution >= 0.6 is 11.8 Å². The number of carbonyl (C=O) groups is 2. The highest BCUT2D eigenvalue weighted by atomic mass is 32.2. The summed E-state index contributed by atoms with van der Waals surface area (Å²) in [6.07, 6.45) is 0.308. The van der Waals surface area contributed by atoms with E-state index in [1.807, 2.05) is 56.3 Å². The van der Waals surface area contributed by atoms with Crippen molar-refractivity contribution in [3.63, 3.8) is 0 Å². The maximum absolute atomic E-state index is 12.9. The summed E-state index contributed by atoms with van der Waals surface area (Å²) in [5.41, 5.74) is 4.96. The number of hydrogen-bond acceptors (Lipinski definition) is 6. The molecule has 8 nitrogen and oxygen atoms in total. The Morgan fingerprint density at radius 3 is 2.67 bits per heavy atom. The number of rotatable bonds is 5. The smallest absolute Gasteiger partial charge is 0.326 e. The fourth-order valence-electron chi connectivity index (χ4n) is 3.68. The number of carboxylic acid groups (broad SMARTS) is 1. The van der Waals surface area contributed by atoms with Gasteiger partial charge >= 0.3 is 5.97 Å². The van der Waals surface area contributed by atoms with E-state index in [0.29, 0.717) is 11.6 Å². The van der Waals surface area contributed by atoms with Crippen LogP contribution in [0.1, 0.15) is 22.3 Å². The molecule has 1 N–H and O–H groups in total. The largest absolute Gasteiger partial charge is 0.480 e. The van der Waals surface area contributed by atoms with E-state index < -0.39 is 12.0 Å². The molecule has 2 aromatic carbocycles. The summed E-state index contributed by atoms with van der Waals surface area (Å²) in [5.74, 6) is -1.20. The lowest BCUT2D eigenvalue weighted by atomic mass is 9.94. The van der Waals surface area contributed by atoms with Crippen LogP contribution in [0.4, 0.5) is 0 Å². The summed E-state index contributed by atoms with van der Waals surface area (Å²) < 4.78 is 1.60. The molecule has 9 heteroatoms. The lowest BCUT2D eigenvalue weighted by Crippen LogP contribution is -2.49. The fraction of sp³-hybridized carbons (Fsp3) is 0.286. The standard InChI is InChI=1S/C21H21N5O3S/c1-13-7-8-17(14(2)9-13)26-21(22-23-24-26)30-12-19(27)25-11-16-6-4-3-5-15(16)10-18(25)20(28)29/h3-9,18H,10-12H2,1-2H3,(H,28,29). The van der Waals surface area contributed by atoms with Gasteiger partial charge in [-0.15, -0.1) is 5.10 Å². The molecule has 1 atom stereocenters. The molecule has 0 radical (unpaired) electrons. The van der Waals surface area contributed by atoms with E-state index in [4.69, 9.17) is 0 Å². The third-order valence-electron chi connectivity index (χ3n) is 5.20. The third kappa shape index (κ3) is 3.93. The number of carbonyl (C=O) groups excluding carboxylic acids is 1. The number of aromatic nitrogens is 4. The quantitative estimate of drug-likeness (QED) is 0.629. The second-order valence-electron chi connectivity index (χ2n) is 7.30. The summed E-state index contributed by atoms with van der Waals surface area (Å²) in [7, 11) is 0. The SMILES string of the molecule is Cc1ccc(-n2nnnc2SCC(=O)N2Cc3ccccc3CC2C(=O)O)c(C)c1. The van der Waals surface area contributed by atoms with Gasteiger partial charge in [-0.2, -0.15) is 4.68 Å². The number of aryl methyl sites for hydroxylation is 2.